The van der Waals surface area contributed by atoms with Crippen LogP contribution in [-0.2, 0) is 4.74 Å². The highest BCUT2D eigenvalue weighted by Gasteiger charge is 2.35. The van der Waals surface area contributed by atoms with Crippen LogP contribution in [0.4, 0.5) is 0 Å². The average molecular weight is 336 g/mol. The van der Waals surface area contributed by atoms with Crippen LogP contribution in [0.2, 0.25) is 0 Å². The molecule has 0 aromatic carbocycles. The molecule has 2 fully saturated rings. The Morgan fingerprint density at radius 2 is 1.88 bits per heavy atom. The van der Waals surface area contributed by atoms with Gasteiger partial charge in [-0.2, -0.15) is 0 Å². The van der Waals surface area contributed by atoms with Crippen molar-refractivity contribution in [1.82, 2.24) is 0 Å². The lowest BCUT2D eigenvalue weighted by molar-refractivity contribution is -0.113. The molecule has 2 aliphatic carbocycles. The molecule has 0 aromatic rings. The maximum absolute atomic E-state index is 6.53. The lowest BCUT2D eigenvalue weighted by Gasteiger charge is -2.41. The van der Waals surface area contributed by atoms with Crippen molar-refractivity contribution in [2.45, 2.75) is 76.4 Å². The van der Waals surface area contributed by atoms with Gasteiger partial charge in [0.25, 0.3) is 0 Å². The zero-order valence-electron chi connectivity index (χ0n) is 10.5. The molecule has 0 heterocycles. The predicted molar refractivity (Wildman–Crippen MR) is 77.2 cm³/mol. The quantitative estimate of drug-likeness (QED) is 0.535. The van der Waals surface area contributed by atoms with Crippen molar-refractivity contribution in [3.8, 4) is 0 Å². The summed E-state index contributed by atoms with van der Waals surface area (Å²) in [7, 11) is 0. The van der Waals surface area contributed by atoms with E-state index in [1.807, 2.05) is 0 Å². The first-order valence-corrected chi connectivity index (χ1v) is 8.50. The Hall–Kier alpha value is 0.690. The molecule has 0 radical (unpaired) electrons. The van der Waals surface area contributed by atoms with Crippen LogP contribution in [0.1, 0.15) is 64.7 Å². The van der Waals surface area contributed by atoms with Crippen molar-refractivity contribution in [2.75, 3.05) is 4.43 Å². The highest BCUT2D eigenvalue weighted by molar-refractivity contribution is 14.1. The highest BCUT2D eigenvalue weighted by Crippen LogP contribution is 2.37. The molecule has 2 atom stereocenters. The van der Waals surface area contributed by atoms with E-state index in [0.717, 1.165) is 5.92 Å². The lowest BCUT2D eigenvalue weighted by Crippen LogP contribution is -2.41. The molecule has 16 heavy (non-hydrogen) atoms. The molecule has 0 aliphatic heterocycles. The molecule has 2 saturated carbocycles. The second-order valence-corrected chi connectivity index (χ2v) is 6.65. The third-order valence-electron chi connectivity index (χ3n) is 4.31. The van der Waals surface area contributed by atoms with Crippen molar-refractivity contribution in [3.05, 3.63) is 0 Å². The van der Waals surface area contributed by atoms with Gasteiger partial charge in [-0.15, -0.1) is 0 Å². The maximum atomic E-state index is 6.53. The van der Waals surface area contributed by atoms with E-state index in [9.17, 15) is 0 Å². The van der Waals surface area contributed by atoms with E-state index in [0.29, 0.717) is 6.10 Å². The summed E-state index contributed by atoms with van der Waals surface area (Å²) in [5, 5.41) is 0. The van der Waals surface area contributed by atoms with E-state index in [4.69, 9.17) is 4.74 Å². The summed E-state index contributed by atoms with van der Waals surface area (Å²) in [5.74, 6) is 0.883. The van der Waals surface area contributed by atoms with Crippen molar-refractivity contribution in [3.63, 3.8) is 0 Å². The van der Waals surface area contributed by atoms with Gasteiger partial charge in [-0.1, -0.05) is 61.6 Å². The van der Waals surface area contributed by atoms with E-state index in [2.05, 4.69) is 29.5 Å². The standard InChI is InChI=1S/C14H25IO/c1-12-6-5-7-13(10-12)16-14(11-15)8-3-2-4-9-14/h12-13H,2-11H2,1H3. The SMILES string of the molecule is CC1CCCC(OC2(CI)CCCCC2)C1. The number of hydrogen-bond donors (Lipinski definition) is 0. The van der Waals surface area contributed by atoms with Crippen LogP contribution in [0.15, 0.2) is 0 Å². The van der Waals surface area contributed by atoms with E-state index in [1.165, 1.54) is 62.2 Å². The lowest BCUT2D eigenvalue weighted by atomic mass is 9.84. The van der Waals surface area contributed by atoms with Gasteiger partial charge in [0.1, 0.15) is 0 Å². The monoisotopic (exact) mass is 336 g/mol. The molecule has 2 rings (SSSR count). The summed E-state index contributed by atoms with van der Waals surface area (Å²) in [4.78, 5) is 0. The molecule has 2 aliphatic rings. The van der Waals surface area contributed by atoms with Crippen molar-refractivity contribution < 1.29 is 4.74 Å². The van der Waals surface area contributed by atoms with Gasteiger partial charge in [0.15, 0.2) is 0 Å². The third kappa shape index (κ3) is 3.34. The van der Waals surface area contributed by atoms with Crippen LogP contribution in [0, 0.1) is 5.92 Å². The summed E-state index contributed by atoms with van der Waals surface area (Å²) >= 11 is 2.54. The summed E-state index contributed by atoms with van der Waals surface area (Å²) in [6, 6.07) is 0. The summed E-state index contributed by atoms with van der Waals surface area (Å²) in [5.41, 5.74) is 0.251. The minimum Gasteiger partial charge on any atom is -0.371 e. The maximum Gasteiger partial charge on any atom is 0.0775 e. The van der Waals surface area contributed by atoms with E-state index in [1.54, 1.807) is 0 Å². The summed E-state index contributed by atoms with van der Waals surface area (Å²) in [6.07, 6.45) is 12.8. The highest BCUT2D eigenvalue weighted by atomic mass is 127. The Morgan fingerprint density at radius 1 is 1.12 bits per heavy atom. The van der Waals surface area contributed by atoms with Crippen molar-refractivity contribution in [1.29, 1.82) is 0 Å². The fourth-order valence-electron chi connectivity index (χ4n) is 3.32. The van der Waals surface area contributed by atoms with Gasteiger partial charge in [-0.05, 0) is 31.6 Å². The van der Waals surface area contributed by atoms with E-state index < -0.39 is 0 Å². The molecular weight excluding hydrogens is 311 g/mol. The zero-order valence-corrected chi connectivity index (χ0v) is 12.7. The van der Waals surface area contributed by atoms with Gasteiger partial charge in [0, 0.05) is 4.43 Å². The molecule has 0 N–H and O–H groups in total. The van der Waals surface area contributed by atoms with E-state index in [-0.39, 0.29) is 5.60 Å². The Balaban J connectivity index is 1.89. The Morgan fingerprint density at radius 3 is 2.50 bits per heavy atom. The molecule has 0 saturated heterocycles. The first-order valence-electron chi connectivity index (χ1n) is 6.98. The number of ether oxygens (including phenoxy) is 1. The molecule has 0 aromatic heterocycles. The predicted octanol–water partition coefficient (Wildman–Crippen LogP) is 4.72. The summed E-state index contributed by atoms with van der Waals surface area (Å²) < 4.78 is 7.72. The molecule has 94 valence electrons. The number of hydrogen-bond acceptors (Lipinski definition) is 1. The Labute approximate surface area is 114 Å². The fourth-order valence-corrected chi connectivity index (χ4v) is 4.26. The van der Waals surface area contributed by atoms with Gasteiger partial charge < -0.3 is 4.74 Å². The van der Waals surface area contributed by atoms with Gasteiger partial charge in [-0.25, -0.2) is 0 Å². The summed E-state index contributed by atoms with van der Waals surface area (Å²) in [6.45, 7) is 2.38. The van der Waals surface area contributed by atoms with Crippen molar-refractivity contribution in [2.24, 2.45) is 5.92 Å². The second kappa shape index (κ2) is 6.03. The van der Waals surface area contributed by atoms with Gasteiger partial charge in [-0.3, -0.25) is 0 Å². The van der Waals surface area contributed by atoms with Crippen LogP contribution in [-0.4, -0.2) is 16.1 Å². The average Bonchev–Trinajstić information content (AvgIpc) is 2.30. The fraction of sp³-hybridized carbons (Fsp3) is 1.00. The molecule has 0 bridgehead atoms. The van der Waals surface area contributed by atoms with Crippen LogP contribution in [0.3, 0.4) is 0 Å². The van der Waals surface area contributed by atoms with Gasteiger partial charge >= 0.3 is 0 Å². The van der Waals surface area contributed by atoms with Gasteiger partial charge in [0.2, 0.25) is 0 Å². The Bertz CT molecular complexity index is 211. The minimum atomic E-state index is 0.251. The zero-order chi connectivity index (χ0) is 11.4. The number of rotatable bonds is 3. The molecule has 1 nitrogen and oxygen atoms in total. The topological polar surface area (TPSA) is 9.23 Å². The van der Waals surface area contributed by atoms with Crippen LogP contribution in [0.5, 0.6) is 0 Å². The van der Waals surface area contributed by atoms with Crippen LogP contribution < -0.4 is 0 Å². The van der Waals surface area contributed by atoms with Crippen LogP contribution in [0.25, 0.3) is 0 Å². The Kier molecular flexibility index (Phi) is 4.95. The van der Waals surface area contributed by atoms with E-state index >= 15 is 0 Å². The number of alkyl halides is 1. The van der Waals surface area contributed by atoms with Crippen molar-refractivity contribution >= 4 is 22.6 Å². The molecule has 0 amide bonds. The first-order chi connectivity index (χ1) is 7.74. The molecular formula is C14H25IO. The van der Waals surface area contributed by atoms with Crippen LogP contribution >= 0.6 is 22.6 Å². The number of halogens is 1. The van der Waals surface area contributed by atoms with Gasteiger partial charge in [0.05, 0.1) is 11.7 Å². The smallest absolute Gasteiger partial charge is 0.0775 e. The second-order valence-electron chi connectivity index (χ2n) is 5.89. The first kappa shape index (κ1) is 13.1. The molecule has 2 heteroatoms. The molecule has 2 unspecified atom stereocenters. The normalized spacial score (nSPS) is 34.9. The molecule has 0 spiro atoms. The minimum absolute atomic E-state index is 0.251. The largest absolute Gasteiger partial charge is 0.371 e. The third-order valence-corrected chi connectivity index (χ3v) is 5.70.